The van der Waals surface area contributed by atoms with Crippen LogP contribution in [0, 0.1) is 12.7 Å². The predicted molar refractivity (Wildman–Crippen MR) is 118 cm³/mol. The molecule has 0 spiro atoms. The van der Waals surface area contributed by atoms with E-state index in [2.05, 4.69) is 47.1 Å². The molecule has 6 nitrogen and oxygen atoms in total. The van der Waals surface area contributed by atoms with E-state index in [-0.39, 0.29) is 12.1 Å². The first-order valence-corrected chi connectivity index (χ1v) is 11.0. The van der Waals surface area contributed by atoms with Crippen molar-refractivity contribution in [1.29, 1.82) is 0 Å². The van der Waals surface area contributed by atoms with Gasteiger partial charge in [0, 0.05) is 15.7 Å². The summed E-state index contributed by atoms with van der Waals surface area (Å²) >= 11 is 8.45. The first-order valence-electron chi connectivity index (χ1n) is 8.63. The summed E-state index contributed by atoms with van der Waals surface area (Å²) in [5.41, 5.74) is 3.94. The maximum atomic E-state index is 14.6. The van der Waals surface area contributed by atoms with Crippen molar-refractivity contribution in [2.24, 2.45) is 0 Å². The Kier molecular flexibility index (Phi) is 6.99. The highest BCUT2D eigenvalue weighted by Crippen LogP contribution is 2.38. The van der Waals surface area contributed by atoms with Crippen molar-refractivity contribution in [3.63, 3.8) is 0 Å². The number of benzene rings is 1. The van der Waals surface area contributed by atoms with E-state index in [1.165, 1.54) is 22.9 Å². The monoisotopic (exact) mass is 542 g/mol. The number of carbonyl (C=O) groups is 1. The Bertz CT molecular complexity index is 1060. The molecule has 0 radical (unpaired) electrons. The molecule has 3 aromatic rings. The second kappa shape index (κ2) is 9.29. The number of hydroxylamine groups is 1. The van der Waals surface area contributed by atoms with Crippen molar-refractivity contribution in [2.45, 2.75) is 26.7 Å². The minimum absolute atomic E-state index is 0.118. The third-order valence-corrected chi connectivity index (χ3v) is 7.46. The van der Waals surface area contributed by atoms with Crippen LogP contribution in [0.3, 0.4) is 0 Å². The molecule has 0 fully saturated rings. The fourth-order valence-electron chi connectivity index (χ4n) is 2.81. The van der Waals surface area contributed by atoms with Crippen LogP contribution in [0.1, 0.15) is 23.7 Å². The minimum atomic E-state index is -0.609. The summed E-state index contributed by atoms with van der Waals surface area (Å²) in [5.74, 6) is -0.0388. The summed E-state index contributed by atoms with van der Waals surface area (Å²) in [5, 5.41) is 11.7. The average molecular weight is 544 g/mol. The lowest BCUT2D eigenvalue weighted by molar-refractivity contribution is -0.128. The zero-order chi connectivity index (χ0) is 21.1. The summed E-state index contributed by atoms with van der Waals surface area (Å²) in [6.07, 6.45) is 0.565. The molecule has 0 bridgehead atoms. The van der Waals surface area contributed by atoms with Crippen LogP contribution < -0.4 is 10.8 Å². The zero-order valence-electron chi connectivity index (χ0n) is 15.5. The van der Waals surface area contributed by atoms with Crippen LogP contribution in [0.2, 0.25) is 0 Å². The van der Waals surface area contributed by atoms with Crippen LogP contribution >= 0.6 is 43.2 Å². The van der Waals surface area contributed by atoms with Crippen LogP contribution in [-0.2, 0) is 17.6 Å². The van der Waals surface area contributed by atoms with E-state index in [9.17, 15) is 9.18 Å². The average Bonchev–Trinajstić information content (AvgIpc) is 3.02. The molecule has 152 valence electrons. The molecule has 2 heterocycles. The molecule has 0 aliphatic rings. The van der Waals surface area contributed by atoms with Crippen LogP contribution in [0.4, 0.5) is 15.9 Å². The standard InChI is InChI=1S/C19H17Br2FN4O2S/c1-3-11-9(2)23-19(15-8-12(20)17(21)29-15)25-18(11)24-14-5-4-10(6-13(14)22)7-16(27)26-28/h4-6,8,28H,3,7H2,1-2H3,(H,26,27)(H,23,24,25). The van der Waals surface area contributed by atoms with Crippen LogP contribution in [-0.4, -0.2) is 21.1 Å². The molecule has 10 heteroatoms. The molecule has 0 saturated heterocycles. The van der Waals surface area contributed by atoms with Crippen molar-refractivity contribution in [3.8, 4) is 10.7 Å². The Morgan fingerprint density at radius 2 is 2.03 bits per heavy atom. The summed E-state index contributed by atoms with van der Waals surface area (Å²) in [6.45, 7) is 3.89. The van der Waals surface area contributed by atoms with E-state index >= 15 is 0 Å². The van der Waals surface area contributed by atoms with Crippen molar-refractivity contribution < 1.29 is 14.4 Å². The fraction of sp³-hybridized carbons (Fsp3) is 0.211. The molecule has 3 N–H and O–H groups in total. The lowest BCUT2D eigenvalue weighted by Gasteiger charge is -2.14. The number of aryl methyl sites for hydroxylation is 1. The van der Waals surface area contributed by atoms with Gasteiger partial charge in [-0.25, -0.2) is 19.8 Å². The summed E-state index contributed by atoms with van der Waals surface area (Å²) in [7, 11) is 0. The lowest BCUT2D eigenvalue weighted by Crippen LogP contribution is -2.20. The van der Waals surface area contributed by atoms with E-state index < -0.39 is 11.7 Å². The van der Waals surface area contributed by atoms with Gasteiger partial charge in [-0.1, -0.05) is 13.0 Å². The van der Waals surface area contributed by atoms with E-state index in [0.717, 1.165) is 24.4 Å². The number of carbonyl (C=O) groups excluding carboxylic acids is 1. The van der Waals surface area contributed by atoms with Crippen LogP contribution in [0.15, 0.2) is 32.5 Å². The molecule has 0 aliphatic carbocycles. The quantitative estimate of drug-likeness (QED) is 0.281. The van der Waals surface area contributed by atoms with Gasteiger partial charge in [0.05, 0.1) is 20.8 Å². The van der Waals surface area contributed by atoms with E-state index in [1.807, 2.05) is 19.9 Å². The van der Waals surface area contributed by atoms with E-state index in [0.29, 0.717) is 23.6 Å². The van der Waals surface area contributed by atoms with Crippen LogP contribution in [0.25, 0.3) is 10.7 Å². The molecule has 29 heavy (non-hydrogen) atoms. The molecule has 0 saturated carbocycles. The Morgan fingerprint density at radius 1 is 1.28 bits per heavy atom. The smallest absolute Gasteiger partial charge is 0.247 e. The molecule has 0 unspecified atom stereocenters. The van der Waals surface area contributed by atoms with Gasteiger partial charge < -0.3 is 5.32 Å². The molecule has 1 aromatic carbocycles. The lowest BCUT2D eigenvalue weighted by atomic mass is 10.1. The maximum Gasteiger partial charge on any atom is 0.247 e. The summed E-state index contributed by atoms with van der Waals surface area (Å²) < 4.78 is 16.5. The number of amides is 1. The normalized spacial score (nSPS) is 10.8. The highest BCUT2D eigenvalue weighted by molar-refractivity contribution is 9.13. The topological polar surface area (TPSA) is 87.1 Å². The van der Waals surface area contributed by atoms with Gasteiger partial charge in [-0.2, -0.15) is 0 Å². The highest BCUT2D eigenvalue weighted by atomic mass is 79.9. The van der Waals surface area contributed by atoms with Crippen molar-refractivity contribution in [1.82, 2.24) is 15.4 Å². The first-order chi connectivity index (χ1) is 13.8. The maximum absolute atomic E-state index is 14.6. The molecular weight excluding hydrogens is 527 g/mol. The molecule has 0 aliphatic heterocycles. The van der Waals surface area contributed by atoms with Gasteiger partial charge in [0.2, 0.25) is 5.91 Å². The van der Waals surface area contributed by atoms with Gasteiger partial charge in [-0.05, 0) is 69.0 Å². The van der Waals surface area contributed by atoms with Crippen molar-refractivity contribution >= 4 is 60.6 Å². The Balaban J connectivity index is 1.96. The summed E-state index contributed by atoms with van der Waals surface area (Å²) in [4.78, 5) is 21.4. The van der Waals surface area contributed by atoms with E-state index in [4.69, 9.17) is 5.21 Å². The number of aromatic nitrogens is 2. The predicted octanol–water partition coefficient (Wildman–Crippen LogP) is 5.53. The Labute approximate surface area is 187 Å². The summed E-state index contributed by atoms with van der Waals surface area (Å²) in [6, 6.07) is 6.35. The molecule has 1 amide bonds. The highest BCUT2D eigenvalue weighted by Gasteiger charge is 2.16. The minimum Gasteiger partial charge on any atom is -0.337 e. The number of anilines is 2. The Morgan fingerprint density at radius 3 is 2.62 bits per heavy atom. The van der Waals surface area contributed by atoms with E-state index in [1.54, 1.807) is 12.1 Å². The van der Waals surface area contributed by atoms with Gasteiger partial charge >= 0.3 is 0 Å². The molecular formula is C19H17Br2FN4O2S. The number of rotatable bonds is 6. The number of hydrogen-bond donors (Lipinski definition) is 3. The first kappa shape index (κ1) is 21.8. The number of nitrogens with one attached hydrogen (secondary N) is 2. The van der Waals surface area contributed by atoms with Gasteiger partial charge in [0.1, 0.15) is 11.6 Å². The largest absolute Gasteiger partial charge is 0.337 e. The SMILES string of the molecule is CCc1c(C)nc(-c2cc(Br)c(Br)s2)nc1Nc1ccc(CC(=O)NO)cc1F. The molecule has 3 rings (SSSR count). The van der Waals surface area contributed by atoms with Gasteiger partial charge in [0.15, 0.2) is 5.82 Å². The van der Waals surface area contributed by atoms with Crippen LogP contribution in [0.5, 0.6) is 0 Å². The fourth-order valence-corrected chi connectivity index (χ4v) is 4.78. The number of halogens is 3. The third-order valence-electron chi connectivity index (χ3n) is 4.21. The second-order valence-corrected chi connectivity index (χ2v) is 9.42. The third kappa shape index (κ3) is 5.00. The number of nitrogens with zero attached hydrogens (tertiary/aromatic N) is 2. The molecule has 2 aromatic heterocycles. The van der Waals surface area contributed by atoms with Gasteiger partial charge in [0.25, 0.3) is 0 Å². The Hall–Kier alpha value is -1.88. The second-order valence-electron chi connectivity index (χ2n) is 6.20. The zero-order valence-corrected chi connectivity index (χ0v) is 19.5. The number of thiophene rings is 1. The molecule has 0 atom stereocenters. The van der Waals surface area contributed by atoms with Gasteiger partial charge in [-0.3, -0.25) is 10.0 Å². The van der Waals surface area contributed by atoms with Crippen molar-refractivity contribution in [3.05, 3.63) is 55.2 Å². The van der Waals surface area contributed by atoms with Crippen molar-refractivity contribution in [2.75, 3.05) is 5.32 Å². The van der Waals surface area contributed by atoms with Gasteiger partial charge in [-0.15, -0.1) is 11.3 Å². The number of hydrogen-bond acceptors (Lipinski definition) is 6.